The summed E-state index contributed by atoms with van der Waals surface area (Å²) in [4.78, 5) is 0. The van der Waals surface area contributed by atoms with Gasteiger partial charge in [0.2, 0.25) is 0 Å². The van der Waals surface area contributed by atoms with Crippen LogP contribution in [0.1, 0.15) is 17.4 Å². The molecule has 6 heteroatoms. The summed E-state index contributed by atoms with van der Waals surface area (Å²) in [5.41, 5.74) is 2.65. The molecule has 3 N–H and O–H groups in total. The number of furan rings is 1. The maximum Gasteiger partial charge on any atom is 0.140 e. The fourth-order valence-corrected chi connectivity index (χ4v) is 1.98. The minimum atomic E-state index is -0.684. The lowest BCUT2D eigenvalue weighted by molar-refractivity contribution is 0.437. The smallest absolute Gasteiger partial charge is 0.140 e. The van der Waals surface area contributed by atoms with Gasteiger partial charge >= 0.3 is 0 Å². The van der Waals surface area contributed by atoms with Gasteiger partial charge in [-0.3, -0.25) is 5.84 Å². The fraction of sp³-hybridized carbons (Fsp3) is 0.0909. The van der Waals surface area contributed by atoms with Gasteiger partial charge in [0.05, 0.1) is 10.7 Å². The van der Waals surface area contributed by atoms with Crippen molar-refractivity contribution in [1.82, 2.24) is 5.43 Å². The molecule has 0 spiro atoms. The largest absolute Gasteiger partial charge is 0.466 e. The van der Waals surface area contributed by atoms with Crippen molar-refractivity contribution in [2.24, 2.45) is 5.84 Å². The number of halogens is 3. The van der Waals surface area contributed by atoms with Gasteiger partial charge in [-0.05, 0) is 28.1 Å². The third kappa shape index (κ3) is 2.38. The molecule has 0 aliphatic heterocycles. The van der Waals surface area contributed by atoms with Crippen molar-refractivity contribution >= 4 is 15.9 Å². The van der Waals surface area contributed by atoms with Crippen LogP contribution in [0.5, 0.6) is 0 Å². The average Bonchev–Trinajstić information content (AvgIpc) is 2.69. The minimum Gasteiger partial charge on any atom is -0.466 e. The van der Waals surface area contributed by atoms with Gasteiger partial charge in [0, 0.05) is 11.6 Å². The van der Waals surface area contributed by atoms with Crippen LogP contribution in [0, 0.1) is 11.6 Å². The standard InChI is InChI=1S/C11H9BrF2N2O/c12-8-3-4-17-11(8)10(16-15)7-2-1-6(13)5-9(7)14/h1-5,10,16H,15H2. The third-order valence-corrected chi connectivity index (χ3v) is 3.00. The molecule has 1 unspecified atom stereocenters. The molecule has 2 aromatic rings. The number of benzene rings is 1. The summed E-state index contributed by atoms with van der Waals surface area (Å²) in [6.45, 7) is 0. The zero-order chi connectivity index (χ0) is 12.4. The first kappa shape index (κ1) is 12.2. The van der Waals surface area contributed by atoms with E-state index in [0.717, 1.165) is 6.07 Å². The van der Waals surface area contributed by atoms with Crippen molar-refractivity contribution in [2.45, 2.75) is 6.04 Å². The monoisotopic (exact) mass is 302 g/mol. The Bertz CT molecular complexity index is 530. The zero-order valence-electron chi connectivity index (χ0n) is 8.58. The van der Waals surface area contributed by atoms with Crippen LogP contribution in [-0.4, -0.2) is 0 Å². The normalized spacial score (nSPS) is 12.7. The van der Waals surface area contributed by atoms with E-state index in [0.29, 0.717) is 10.2 Å². The maximum atomic E-state index is 13.6. The molecule has 0 amide bonds. The first-order valence-corrected chi connectivity index (χ1v) is 5.56. The second-order valence-corrected chi connectivity index (χ2v) is 4.25. The number of nitrogens with two attached hydrogens (primary N) is 1. The fourth-order valence-electron chi connectivity index (χ4n) is 1.55. The van der Waals surface area contributed by atoms with Gasteiger partial charge < -0.3 is 4.42 Å². The first-order valence-electron chi connectivity index (χ1n) is 4.77. The molecule has 1 heterocycles. The SMILES string of the molecule is NNC(c1ccc(F)cc1F)c1occc1Br. The molecular weight excluding hydrogens is 294 g/mol. The number of rotatable bonds is 3. The van der Waals surface area contributed by atoms with Gasteiger partial charge in [0.15, 0.2) is 0 Å². The molecule has 0 aliphatic rings. The van der Waals surface area contributed by atoms with Crippen LogP contribution < -0.4 is 11.3 Å². The Kier molecular flexibility index (Phi) is 3.56. The summed E-state index contributed by atoms with van der Waals surface area (Å²) in [7, 11) is 0. The van der Waals surface area contributed by atoms with E-state index in [4.69, 9.17) is 10.3 Å². The molecule has 17 heavy (non-hydrogen) atoms. The van der Waals surface area contributed by atoms with E-state index < -0.39 is 17.7 Å². The van der Waals surface area contributed by atoms with Gasteiger partial charge in [-0.25, -0.2) is 14.2 Å². The van der Waals surface area contributed by atoms with Crippen LogP contribution in [0.25, 0.3) is 0 Å². The van der Waals surface area contributed by atoms with Crippen molar-refractivity contribution < 1.29 is 13.2 Å². The Hall–Kier alpha value is -1.24. The van der Waals surface area contributed by atoms with Crippen LogP contribution in [0.2, 0.25) is 0 Å². The minimum absolute atomic E-state index is 0.213. The summed E-state index contributed by atoms with van der Waals surface area (Å²) < 4.78 is 32.3. The van der Waals surface area contributed by atoms with Crippen molar-refractivity contribution in [3.63, 3.8) is 0 Å². The highest BCUT2D eigenvalue weighted by atomic mass is 79.9. The molecule has 1 atom stereocenters. The van der Waals surface area contributed by atoms with Crippen molar-refractivity contribution in [1.29, 1.82) is 0 Å². The van der Waals surface area contributed by atoms with E-state index in [-0.39, 0.29) is 5.56 Å². The molecule has 0 saturated carbocycles. The lowest BCUT2D eigenvalue weighted by Crippen LogP contribution is -2.29. The molecule has 0 aliphatic carbocycles. The molecule has 1 aromatic carbocycles. The van der Waals surface area contributed by atoms with Crippen molar-refractivity contribution in [3.05, 3.63) is 58.0 Å². The van der Waals surface area contributed by atoms with E-state index in [1.54, 1.807) is 6.07 Å². The summed E-state index contributed by atoms with van der Waals surface area (Å²) in [5.74, 6) is 4.49. The average molecular weight is 303 g/mol. The predicted molar refractivity (Wildman–Crippen MR) is 61.9 cm³/mol. The van der Waals surface area contributed by atoms with E-state index in [2.05, 4.69) is 21.4 Å². The molecule has 0 fully saturated rings. The second kappa shape index (κ2) is 4.95. The van der Waals surface area contributed by atoms with Gasteiger partial charge in [0.25, 0.3) is 0 Å². The van der Waals surface area contributed by atoms with Gasteiger partial charge in [0.1, 0.15) is 23.4 Å². The van der Waals surface area contributed by atoms with E-state index in [1.165, 1.54) is 18.4 Å². The van der Waals surface area contributed by atoms with Crippen molar-refractivity contribution in [2.75, 3.05) is 0 Å². The highest BCUT2D eigenvalue weighted by molar-refractivity contribution is 9.10. The Balaban J connectivity index is 2.46. The van der Waals surface area contributed by atoms with Crippen LogP contribution >= 0.6 is 15.9 Å². The summed E-state index contributed by atoms with van der Waals surface area (Å²) in [6.07, 6.45) is 1.45. The molecule has 1 aromatic heterocycles. The zero-order valence-corrected chi connectivity index (χ0v) is 10.2. The molecule has 2 rings (SSSR count). The first-order chi connectivity index (χ1) is 8.13. The third-order valence-electron chi connectivity index (χ3n) is 2.35. The Morgan fingerprint density at radius 1 is 1.29 bits per heavy atom. The molecule has 3 nitrogen and oxygen atoms in total. The van der Waals surface area contributed by atoms with Crippen LogP contribution in [-0.2, 0) is 0 Å². The molecule has 0 bridgehead atoms. The topological polar surface area (TPSA) is 51.2 Å². The number of hydrazine groups is 1. The number of nitrogens with one attached hydrogen (secondary N) is 1. The molecule has 90 valence electrons. The van der Waals surface area contributed by atoms with E-state index in [1.807, 2.05) is 0 Å². The second-order valence-electron chi connectivity index (χ2n) is 3.40. The van der Waals surface area contributed by atoms with E-state index in [9.17, 15) is 8.78 Å². The lowest BCUT2D eigenvalue weighted by atomic mass is 10.0. The summed E-state index contributed by atoms with van der Waals surface area (Å²) >= 11 is 3.26. The highest BCUT2D eigenvalue weighted by Gasteiger charge is 2.22. The molecule has 0 radical (unpaired) electrons. The summed E-state index contributed by atoms with van der Waals surface area (Å²) in [6, 6.07) is 4.28. The van der Waals surface area contributed by atoms with E-state index >= 15 is 0 Å². The summed E-state index contributed by atoms with van der Waals surface area (Å²) in [5, 5.41) is 0. The highest BCUT2D eigenvalue weighted by Crippen LogP contribution is 2.30. The number of hydrogen-bond acceptors (Lipinski definition) is 3. The predicted octanol–water partition coefficient (Wildman–Crippen LogP) is 2.87. The quantitative estimate of drug-likeness (QED) is 0.677. The Morgan fingerprint density at radius 3 is 2.59 bits per heavy atom. The van der Waals surface area contributed by atoms with Gasteiger partial charge in [-0.1, -0.05) is 6.07 Å². The Morgan fingerprint density at radius 2 is 2.06 bits per heavy atom. The van der Waals surface area contributed by atoms with Crippen molar-refractivity contribution in [3.8, 4) is 0 Å². The van der Waals surface area contributed by atoms with Gasteiger partial charge in [-0.15, -0.1) is 0 Å². The van der Waals surface area contributed by atoms with Crippen LogP contribution in [0.3, 0.4) is 0 Å². The van der Waals surface area contributed by atoms with Crippen LogP contribution in [0.4, 0.5) is 8.78 Å². The molecule has 0 saturated heterocycles. The maximum absolute atomic E-state index is 13.6. The molecular formula is C11H9BrF2N2O. The Labute approximate surface area is 105 Å². The number of hydrogen-bond donors (Lipinski definition) is 2. The van der Waals surface area contributed by atoms with Gasteiger partial charge in [-0.2, -0.15) is 0 Å². The van der Waals surface area contributed by atoms with Crippen LogP contribution in [0.15, 0.2) is 39.4 Å². The lowest BCUT2D eigenvalue weighted by Gasteiger charge is -2.15.